The molecule has 0 atom stereocenters. The summed E-state index contributed by atoms with van der Waals surface area (Å²) in [6, 6.07) is 5.36. The van der Waals surface area contributed by atoms with Crippen molar-refractivity contribution in [2.45, 2.75) is 19.8 Å². The number of hydrogen-bond donors (Lipinski definition) is 0. The minimum Gasteiger partial charge on any atom is -0.371 e. The molecule has 1 aromatic carbocycles. The first-order valence-electron chi connectivity index (χ1n) is 5.57. The van der Waals surface area contributed by atoms with Gasteiger partial charge in [0.15, 0.2) is 12.1 Å². The molecule has 16 heavy (non-hydrogen) atoms. The first-order valence-corrected chi connectivity index (χ1v) is 5.57. The molecule has 1 saturated heterocycles. The highest BCUT2D eigenvalue weighted by Crippen LogP contribution is 2.24. The van der Waals surface area contributed by atoms with Gasteiger partial charge in [0.25, 0.3) is 0 Å². The van der Waals surface area contributed by atoms with Gasteiger partial charge in [-0.3, -0.25) is 9.59 Å². The highest BCUT2D eigenvalue weighted by molar-refractivity contribution is 5.97. The summed E-state index contributed by atoms with van der Waals surface area (Å²) in [7, 11) is 0. The zero-order chi connectivity index (χ0) is 11.5. The summed E-state index contributed by atoms with van der Waals surface area (Å²) in [5.41, 5.74) is 2.18. The average Bonchev–Trinajstić information content (AvgIpc) is 2.81. The number of ketones is 1. The van der Waals surface area contributed by atoms with Crippen LogP contribution in [0.5, 0.6) is 0 Å². The van der Waals surface area contributed by atoms with Crippen LogP contribution in [0.1, 0.15) is 40.5 Å². The van der Waals surface area contributed by atoms with Crippen LogP contribution in [0, 0.1) is 0 Å². The first kappa shape index (κ1) is 10.9. The van der Waals surface area contributed by atoms with Gasteiger partial charge in [0.2, 0.25) is 0 Å². The third-order valence-corrected chi connectivity index (χ3v) is 3.01. The van der Waals surface area contributed by atoms with Crippen LogP contribution < -0.4 is 4.90 Å². The van der Waals surface area contributed by atoms with Gasteiger partial charge in [-0.2, -0.15) is 0 Å². The van der Waals surface area contributed by atoms with Gasteiger partial charge in [0, 0.05) is 29.9 Å². The Morgan fingerprint density at radius 1 is 1.31 bits per heavy atom. The van der Waals surface area contributed by atoms with E-state index in [2.05, 4.69) is 4.90 Å². The number of aldehydes is 1. The lowest BCUT2D eigenvalue weighted by atomic mass is 10.1. The van der Waals surface area contributed by atoms with Gasteiger partial charge in [0.1, 0.15) is 0 Å². The Hall–Kier alpha value is -1.64. The second-order valence-electron chi connectivity index (χ2n) is 4.14. The van der Waals surface area contributed by atoms with E-state index in [-0.39, 0.29) is 5.78 Å². The molecule has 1 heterocycles. The molecular weight excluding hydrogens is 202 g/mol. The summed E-state index contributed by atoms with van der Waals surface area (Å²) in [4.78, 5) is 24.4. The fraction of sp³-hybridized carbons (Fsp3) is 0.385. The van der Waals surface area contributed by atoms with Crippen LogP contribution in [0.2, 0.25) is 0 Å². The number of Topliss-reactive ketones (excluding diaryl/α,β-unsaturated/α-hetero) is 1. The third-order valence-electron chi connectivity index (χ3n) is 3.01. The van der Waals surface area contributed by atoms with E-state index >= 15 is 0 Å². The van der Waals surface area contributed by atoms with Crippen molar-refractivity contribution >= 4 is 17.8 Å². The molecule has 1 aliphatic rings. The molecule has 0 aliphatic carbocycles. The summed E-state index contributed by atoms with van der Waals surface area (Å²) in [6.07, 6.45) is 3.18. The van der Waals surface area contributed by atoms with E-state index in [1.165, 1.54) is 19.8 Å². The molecule has 0 aromatic heterocycles. The van der Waals surface area contributed by atoms with E-state index in [0.29, 0.717) is 11.1 Å². The molecule has 3 heteroatoms. The molecule has 1 aliphatic heterocycles. The van der Waals surface area contributed by atoms with Crippen LogP contribution in [-0.2, 0) is 0 Å². The molecule has 0 unspecified atom stereocenters. The van der Waals surface area contributed by atoms with Gasteiger partial charge in [0.05, 0.1) is 0 Å². The quantitative estimate of drug-likeness (QED) is 0.576. The average molecular weight is 217 g/mol. The van der Waals surface area contributed by atoms with Crippen LogP contribution >= 0.6 is 0 Å². The van der Waals surface area contributed by atoms with E-state index in [4.69, 9.17) is 0 Å². The standard InChI is InChI=1S/C13H15NO2/c1-10(16)11-4-5-13(12(8-11)9-15)14-6-2-3-7-14/h4-5,8-9H,2-3,6-7H2,1H3. The molecular formula is C13H15NO2. The monoisotopic (exact) mass is 217 g/mol. The molecule has 84 valence electrons. The second-order valence-corrected chi connectivity index (χ2v) is 4.14. The largest absolute Gasteiger partial charge is 0.371 e. The van der Waals surface area contributed by atoms with E-state index in [9.17, 15) is 9.59 Å². The normalized spacial score (nSPS) is 15.2. The van der Waals surface area contributed by atoms with Crippen molar-refractivity contribution in [2.24, 2.45) is 0 Å². The molecule has 3 nitrogen and oxygen atoms in total. The predicted molar refractivity (Wildman–Crippen MR) is 63.3 cm³/mol. The van der Waals surface area contributed by atoms with Gasteiger partial charge in [-0.25, -0.2) is 0 Å². The Bertz CT molecular complexity index is 420. The van der Waals surface area contributed by atoms with Crippen molar-refractivity contribution in [1.29, 1.82) is 0 Å². The molecule has 0 amide bonds. The SMILES string of the molecule is CC(=O)c1ccc(N2CCCC2)c(C=O)c1. The van der Waals surface area contributed by atoms with E-state index in [1.807, 2.05) is 6.07 Å². The van der Waals surface area contributed by atoms with Crippen molar-refractivity contribution in [3.63, 3.8) is 0 Å². The molecule has 1 fully saturated rings. The zero-order valence-electron chi connectivity index (χ0n) is 9.40. The molecule has 0 saturated carbocycles. The Morgan fingerprint density at radius 2 is 2.00 bits per heavy atom. The fourth-order valence-corrected chi connectivity index (χ4v) is 2.11. The molecule has 0 bridgehead atoms. The van der Waals surface area contributed by atoms with Crippen LogP contribution in [0.3, 0.4) is 0 Å². The van der Waals surface area contributed by atoms with Crippen molar-refractivity contribution in [3.8, 4) is 0 Å². The number of anilines is 1. The minimum absolute atomic E-state index is 0.00364. The Balaban J connectivity index is 2.38. The molecule has 0 radical (unpaired) electrons. The highest BCUT2D eigenvalue weighted by Gasteiger charge is 2.16. The molecule has 1 aromatic rings. The van der Waals surface area contributed by atoms with Crippen LogP contribution in [-0.4, -0.2) is 25.2 Å². The van der Waals surface area contributed by atoms with Gasteiger partial charge in [-0.15, -0.1) is 0 Å². The lowest BCUT2D eigenvalue weighted by Crippen LogP contribution is -2.19. The topological polar surface area (TPSA) is 37.4 Å². The number of hydrogen-bond acceptors (Lipinski definition) is 3. The zero-order valence-corrected chi connectivity index (χ0v) is 9.40. The fourth-order valence-electron chi connectivity index (χ4n) is 2.11. The van der Waals surface area contributed by atoms with Gasteiger partial charge >= 0.3 is 0 Å². The van der Waals surface area contributed by atoms with Gasteiger partial charge in [-0.1, -0.05) is 0 Å². The maximum absolute atomic E-state index is 11.2. The van der Waals surface area contributed by atoms with Crippen molar-refractivity contribution in [2.75, 3.05) is 18.0 Å². The van der Waals surface area contributed by atoms with E-state index in [1.54, 1.807) is 12.1 Å². The van der Waals surface area contributed by atoms with Crippen molar-refractivity contribution in [3.05, 3.63) is 29.3 Å². The smallest absolute Gasteiger partial charge is 0.159 e. The minimum atomic E-state index is -0.00364. The Kier molecular flexibility index (Phi) is 3.04. The lowest BCUT2D eigenvalue weighted by Gasteiger charge is -2.19. The number of rotatable bonds is 3. The molecule has 0 spiro atoms. The summed E-state index contributed by atoms with van der Waals surface area (Å²) in [5, 5.41) is 0. The molecule has 2 rings (SSSR count). The number of carbonyl (C=O) groups excluding carboxylic acids is 2. The summed E-state index contributed by atoms with van der Waals surface area (Å²) < 4.78 is 0. The van der Waals surface area contributed by atoms with E-state index in [0.717, 1.165) is 25.1 Å². The summed E-state index contributed by atoms with van der Waals surface area (Å²) in [6.45, 7) is 3.51. The maximum atomic E-state index is 11.2. The van der Waals surface area contributed by atoms with Crippen LogP contribution in [0.15, 0.2) is 18.2 Å². The number of nitrogens with zero attached hydrogens (tertiary/aromatic N) is 1. The summed E-state index contributed by atoms with van der Waals surface area (Å²) in [5.74, 6) is -0.00364. The highest BCUT2D eigenvalue weighted by atomic mass is 16.1. The maximum Gasteiger partial charge on any atom is 0.159 e. The van der Waals surface area contributed by atoms with Crippen molar-refractivity contribution in [1.82, 2.24) is 0 Å². The Morgan fingerprint density at radius 3 is 2.56 bits per heavy atom. The number of carbonyl (C=O) groups is 2. The Labute approximate surface area is 95.1 Å². The van der Waals surface area contributed by atoms with Crippen molar-refractivity contribution < 1.29 is 9.59 Å². The first-order chi connectivity index (χ1) is 7.72. The predicted octanol–water partition coefficient (Wildman–Crippen LogP) is 2.30. The van der Waals surface area contributed by atoms with E-state index < -0.39 is 0 Å². The van der Waals surface area contributed by atoms with Gasteiger partial charge < -0.3 is 4.90 Å². The second kappa shape index (κ2) is 4.47. The molecule has 0 N–H and O–H groups in total. The lowest BCUT2D eigenvalue weighted by molar-refractivity contribution is 0.101. The number of benzene rings is 1. The summed E-state index contributed by atoms with van der Waals surface area (Å²) >= 11 is 0. The van der Waals surface area contributed by atoms with Crippen LogP contribution in [0.25, 0.3) is 0 Å². The van der Waals surface area contributed by atoms with Gasteiger partial charge in [-0.05, 0) is 38.0 Å². The third kappa shape index (κ3) is 1.98. The van der Waals surface area contributed by atoms with Crippen LogP contribution in [0.4, 0.5) is 5.69 Å².